The molecular weight excluding hydrogens is 412 g/mol. The van der Waals surface area contributed by atoms with E-state index < -0.39 is 23.3 Å². The molecule has 0 bridgehead atoms. The van der Waals surface area contributed by atoms with Crippen LogP contribution in [0.5, 0.6) is 0 Å². The molecule has 9 heteroatoms. The third-order valence-electron chi connectivity index (χ3n) is 4.57. The topological polar surface area (TPSA) is 84.7 Å². The monoisotopic (exact) mass is 437 g/mol. The number of nitrogens with zero attached hydrogens (tertiary/aromatic N) is 1. The summed E-state index contributed by atoms with van der Waals surface area (Å²) >= 11 is 1.04. The van der Waals surface area contributed by atoms with Crippen molar-refractivity contribution in [3.63, 3.8) is 0 Å². The van der Waals surface area contributed by atoms with Crippen LogP contribution in [-0.2, 0) is 4.74 Å². The number of benzene rings is 1. The Morgan fingerprint density at radius 3 is 2.67 bits per heavy atom. The van der Waals surface area contributed by atoms with Gasteiger partial charge in [0.05, 0.1) is 5.69 Å². The van der Waals surface area contributed by atoms with Gasteiger partial charge in [-0.05, 0) is 51.8 Å². The average Bonchev–Trinajstić information content (AvgIpc) is 3.02. The van der Waals surface area contributed by atoms with Crippen LogP contribution < -0.4 is 11.1 Å². The Bertz CT molecular complexity index is 955. The maximum atomic E-state index is 14.1. The molecule has 1 saturated heterocycles. The lowest BCUT2D eigenvalue weighted by Crippen LogP contribution is -2.50. The number of carbonyl (C=O) groups is 2. The lowest BCUT2D eigenvalue weighted by atomic mass is 10.1. The molecule has 1 aliphatic heterocycles. The van der Waals surface area contributed by atoms with Crippen molar-refractivity contribution in [3.8, 4) is 10.4 Å². The zero-order valence-corrected chi connectivity index (χ0v) is 17.9. The first-order chi connectivity index (χ1) is 14.0. The van der Waals surface area contributed by atoms with Gasteiger partial charge >= 0.3 is 6.09 Å². The molecule has 162 valence electrons. The van der Waals surface area contributed by atoms with Crippen LogP contribution >= 0.6 is 11.3 Å². The predicted octanol–water partition coefficient (Wildman–Crippen LogP) is 4.40. The highest BCUT2D eigenvalue weighted by Crippen LogP contribution is 2.35. The van der Waals surface area contributed by atoms with Crippen molar-refractivity contribution in [3.05, 3.63) is 40.8 Å². The molecule has 1 aromatic heterocycles. The summed E-state index contributed by atoms with van der Waals surface area (Å²) < 4.78 is 32.6. The van der Waals surface area contributed by atoms with Gasteiger partial charge in [0.2, 0.25) is 0 Å². The number of thiophene rings is 1. The number of rotatable bonds is 3. The fourth-order valence-electron chi connectivity index (χ4n) is 3.24. The van der Waals surface area contributed by atoms with Gasteiger partial charge in [0, 0.05) is 35.6 Å². The molecule has 0 radical (unpaired) electrons. The van der Waals surface area contributed by atoms with E-state index >= 15 is 0 Å². The Labute approximate surface area is 178 Å². The van der Waals surface area contributed by atoms with Crippen LogP contribution in [-0.4, -0.2) is 41.6 Å². The van der Waals surface area contributed by atoms with Gasteiger partial charge in [-0.2, -0.15) is 0 Å². The van der Waals surface area contributed by atoms with Gasteiger partial charge in [0.25, 0.3) is 5.91 Å². The second-order valence-electron chi connectivity index (χ2n) is 8.26. The number of likely N-dealkylation sites (tertiary alicyclic amines) is 1. The smallest absolute Gasteiger partial charge is 0.410 e. The zero-order valence-electron chi connectivity index (χ0n) is 17.1. The molecule has 3 N–H and O–H groups in total. The first kappa shape index (κ1) is 22.0. The molecule has 3 rings (SSSR count). The van der Waals surface area contributed by atoms with E-state index in [4.69, 9.17) is 10.5 Å². The summed E-state index contributed by atoms with van der Waals surface area (Å²) in [6.45, 7) is 6.31. The Hall–Kier alpha value is -2.68. The highest BCUT2D eigenvalue weighted by Gasteiger charge is 2.29. The number of amides is 2. The van der Waals surface area contributed by atoms with Crippen LogP contribution in [0.25, 0.3) is 10.4 Å². The SMILES string of the molecule is CC(C)(C)OC(=O)N1CCC[C@@H](NC(=O)c2sc(-c3ccc(F)cc3F)cc2N)C1. The van der Waals surface area contributed by atoms with Crippen molar-refractivity contribution >= 4 is 29.0 Å². The number of hydrogen-bond acceptors (Lipinski definition) is 5. The summed E-state index contributed by atoms with van der Waals surface area (Å²) in [5.41, 5.74) is 5.79. The highest BCUT2D eigenvalue weighted by molar-refractivity contribution is 7.18. The fraction of sp³-hybridized carbons (Fsp3) is 0.429. The third kappa shape index (κ3) is 5.27. The minimum atomic E-state index is -0.719. The second-order valence-corrected chi connectivity index (χ2v) is 9.31. The summed E-state index contributed by atoms with van der Waals surface area (Å²) in [4.78, 5) is 27.3. The molecule has 1 aromatic carbocycles. The largest absolute Gasteiger partial charge is 0.444 e. The van der Waals surface area contributed by atoms with Crippen molar-refractivity contribution in [2.45, 2.75) is 45.3 Å². The van der Waals surface area contributed by atoms with Gasteiger partial charge in [0.15, 0.2) is 0 Å². The van der Waals surface area contributed by atoms with Crippen molar-refractivity contribution in [2.75, 3.05) is 18.8 Å². The number of nitrogens with one attached hydrogen (secondary N) is 1. The molecule has 0 saturated carbocycles. The van der Waals surface area contributed by atoms with Crippen molar-refractivity contribution in [1.82, 2.24) is 10.2 Å². The van der Waals surface area contributed by atoms with Crippen LogP contribution in [0.2, 0.25) is 0 Å². The molecule has 30 heavy (non-hydrogen) atoms. The van der Waals surface area contributed by atoms with E-state index in [1.54, 1.807) is 25.7 Å². The van der Waals surface area contributed by atoms with Crippen LogP contribution in [0, 0.1) is 11.6 Å². The Balaban J connectivity index is 1.69. The number of piperidine rings is 1. The Kier molecular flexibility index (Phi) is 6.30. The molecule has 0 spiro atoms. The number of ether oxygens (including phenoxy) is 1. The predicted molar refractivity (Wildman–Crippen MR) is 112 cm³/mol. The molecule has 2 amide bonds. The summed E-state index contributed by atoms with van der Waals surface area (Å²) in [5, 5.41) is 2.90. The normalized spacial score (nSPS) is 17.0. The van der Waals surface area contributed by atoms with E-state index in [0.717, 1.165) is 36.3 Å². The van der Waals surface area contributed by atoms with Crippen molar-refractivity contribution < 1.29 is 23.1 Å². The van der Waals surface area contributed by atoms with Gasteiger partial charge in [-0.1, -0.05) is 0 Å². The summed E-state index contributed by atoms with van der Waals surface area (Å²) in [7, 11) is 0. The molecule has 0 aliphatic carbocycles. The number of carbonyl (C=O) groups excluding carboxylic acids is 2. The second kappa shape index (κ2) is 8.59. The molecule has 1 fully saturated rings. The lowest BCUT2D eigenvalue weighted by Gasteiger charge is -2.34. The maximum absolute atomic E-state index is 14.1. The summed E-state index contributed by atoms with van der Waals surface area (Å²) in [5.74, 6) is -1.78. The van der Waals surface area contributed by atoms with E-state index in [1.807, 2.05) is 0 Å². The quantitative estimate of drug-likeness (QED) is 0.745. The number of anilines is 1. The molecular formula is C21H25F2N3O3S. The Morgan fingerprint density at radius 1 is 1.27 bits per heavy atom. The molecule has 6 nitrogen and oxygen atoms in total. The highest BCUT2D eigenvalue weighted by atomic mass is 32.1. The van der Waals surface area contributed by atoms with Gasteiger partial charge in [0.1, 0.15) is 22.1 Å². The van der Waals surface area contributed by atoms with E-state index in [0.29, 0.717) is 18.0 Å². The molecule has 0 unspecified atom stereocenters. The van der Waals surface area contributed by atoms with E-state index in [1.165, 1.54) is 12.1 Å². The minimum absolute atomic E-state index is 0.181. The summed E-state index contributed by atoms with van der Waals surface area (Å²) in [6, 6.07) is 4.52. The van der Waals surface area contributed by atoms with E-state index in [2.05, 4.69) is 5.32 Å². The van der Waals surface area contributed by atoms with Crippen LogP contribution in [0.1, 0.15) is 43.3 Å². The first-order valence-corrected chi connectivity index (χ1v) is 10.5. The standard InChI is InChI=1S/C21H25F2N3O3S/c1-21(2,3)29-20(28)26-8-4-5-13(11-26)25-19(27)18-16(24)10-17(30-18)14-7-6-12(22)9-15(14)23/h6-7,9-10,13H,4-5,8,11,24H2,1-3H3,(H,25,27)/t13-/m1/s1. The zero-order chi connectivity index (χ0) is 22.1. The fourth-order valence-corrected chi connectivity index (χ4v) is 4.25. The third-order valence-corrected chi connectivity index (χ3v) is 5.75. The Morgan fingerprint density at radius 2 is 2.00 bits per heavy atom. The van der Waals surface area contributed by atoms with Crippen LogP contribution in [0.4, 0.5) is 19.3 Å². The van der Waals surface area contributed by atoms with Crippen molar-refractivity contribution in [1.29, 1.82) is 0 Å². The number of nitrogen functional groups attached to an aromatic ring is 1. The van der Waals surface area contributed by atoms with Gasteiger partial charge in [-0.15, -0.1) is 11.3 Å². The maximum Gasteiger partial charge on any atom is 0.410 e. The minimum Gasteiger partial charge on any atom is -0.444 e. The molecule has 1 aliphatic rings. The molecule has 2 aromatic rings. The number of nitrogens with two attached hydrogens (primary N) is 1. The van der Waals surface area contributed by atoms with Gasteiger partial charge in [-0.25, -0.2) is 13.6 Å². The average molecular weight is 438 g/mol. The van der Waals surface area contributed by atoms with Gasteiger partial charge in [-0.3, -0.25) is 4.79 Å². The molecule has 2 heterocycles. The van der Waals surface area contributed by atoms with Crippen LogP contribution in [0.3, 0.4) is 0 Å². The number of halogens is 2. The lowest BCUT2D eigenvalue weighted by molar-refractivity contribution is 0.0186. The summed E-state index contributed by atoms with van der Waals surface area (Å²) in [6.07, 6.45) is 1.04. The molecule has 1 atom stereocenters. The van der Waals surface area contributed by atoms with Gasteiger partial charge < -0.3 is 20.7 Å². The van der Waals surface area contributed by atoms with E-state index in [9.17, 15) is 18.4 Å². The van der Waals surface area contributed by atoms with E-state index in [-0.39, 0.29) is 28.1 Å². The van der Waals surface area contributed by atoms with Crippen molar-refractivity contribution in [2.24, 2.45) is 0 Å². The number of hydrogen-bond donors (Lipinski definition) is 2. The first-order valence-electron chi connectivity index (χ1n) is 9.67. The van der Waals surface area contributed by atoms with Crippen LogP contribution in [0.15, 0.2) is 24.3 Å².